The number of methoxy groups -OCH3 is 2. The fraction of sp³-hybridized carbons (Fsp3) is 0.231. The van der Waals surface area contributed by atoms with Crippen molar-refractivity contribution in [2.45, 2.75) is 6.92 Å². The van der Waals surface area contributed by atoms with Crippen LogP contribution in [0.3, 0.4) is 0 Å². The molecule has 0 spiro atoms. The molecule has 0 bridgehead atoms. The molecule has 0 saturated carbocycles. The van der Waals surface area contributed by atoms with Crippen LogP contribution in [0.25, 0.3) is 10.8 Å². The molecule has 0 aliphatic carbocycles. The molecule has 0 heterocycles. The molecular formula is C13H13CuO2. The third kappa shape index (κ3) is 1.57. The van der Waals surface area contributed by atoms with Crippen molar-refractivity contribution in [3.8, 4) is 11.5 Å². The van der Waals surface area contributed by atoms with Crippen molar-refractivity contribution in [3.63, 3.8) is 0 Å². The second-order valence-electron chi connectivity index (χ2n) is 3.51. The van der Waals surface area contributed by atoms with Gasteiger partial charge in [-0.1, -0.05) is 0 Å². The van der Waals surface area contributed by atoms with E-state index in [1.165, 1.54) is 0 Å². The van der Waals surface area contributed by atoms with Gasteiger partial charge in [-0.15, -0.1) is 0 Å². The second-order valence-corrected chi connectivity index (χ2v) is 3.98. The van der Waals surface area contributed by atoms with Crippen molar-refractivity contribution >= 4 is 15.2 Å². The first-order valence-electron chi connectivity index (χ1n) is 4.95. The van der Waals surface area contributed by atoms with E-state index in [-0.39, 0.29) is 0 Å². The van der Waals surface area contributed by atoms with Crippen LogP contribution in [-0.2, 0) is 16.0 Å². The maximum atomic E-state index is 5.53. The van der Waals surface area contributed by atoms with Gasteiger partial charge in [-0.2, -0.15) is 0 Å². The summed E-state index contributed by atoms with van der Waals surface area (Å²) in [5.74, 6) is 1.57. The fourth-order valence-corrected chi connectivity index (χ4v) is 2.23. The van der Waals surface area contributed by atoms with Crippen molar-refractivity contribution in [1.82, 2.24) is 0 Å². The van der Waals surface area contributed by atoms with Crippen molar-refractivity contribution in [3.05, 3.63) is 29.8 Å². The number of hydrogen-bond acceptors (Lipinski definition) is 2. The van der Waals surface area contributed by atoms with E-state index >= 15 is 0 Å². The molecule has 0 atom stereocenters. The van der Waals surface area contributed by atoms with Gasteiger partial charge >= 0.3 is 103 Å². The summed E-state index contributed by atoms with van der Waals surface area (Å²) in [6.45, 7) is 1.95. The van der Waals surface area contributed by atoms with Crippen LogP contribution >= 0.6 is 0 Å². The van der Waals surface area contributed by atoms with Gasteiger partial charge in [0, 0.05) is 0 Å². The number of benzene rings is 2. The molecule has 2 aromatic carbocycles. The third-order valence-corrected chi connectivity index (χ3v) is 3.21. The first kappa shape index (κ1) is 11.3. The quantitative estimate of drug-likeness (QED) is 0.776. The minimum atomic E-state index is 0.700. The molecule has 0 unspecified atom stereocenters. The standard InChI is InChI=1S/C13H13O2.Cu/c1-9-8-12(14-2)10-6-4-5-7-11(10)13(9)15-3;/h4-7H,1-3H3;. The maximum absolute atomic E-state index is 5.53. The van der Waals surface area contributed by atoms with Gasteiger partial charge in [0.2, 0.25) is 0 Å². The Bertz CT molecular complexity index is 486. The van der Waals surface area contributed by atoms with Crippen LogP contribution in [0, 0.1) is 6.92 Å². The van der Waals surface area contributed by atoms with Crippen LogP contribution in [0.1, 0.15) is 5.56 Å². The van der Waals surface area contributed by atoms with Gasteiger partial charge in [-0.3, -0.25) is 0 Å². The Labute approximate surface area is 103 Å². The van der Waals surface area contributed by atoms with E-state index in [1.54, 1.807) is 14.2 Å². The molecule has 2 rings (SSSR count). The fourth-order valence-electron chi connectivity index (χ4n) is 1.91. The van der Waals surface area contributed by atoms with Crippen LogP contribution in [-0.4, -0.2) is 14.2 Å². The molecule has 0 fully saturated rings. The predicted molar refractivity (Wildman–Crippen MR) is 61.4 cm³/mol. The number of fused-ring (bicyclic) bond motifs is 1. The second kappa shape index (κ2) is 4.36. The number of hydrogen-bond donors (Lipinski definition) is 0. The van der Waals surface area contributed by atoms with Gasteiger partial charge in [0.1, 0.15) is 0 Å². The summed E-state index contributed by atoms with van der Waals surface area (Å²) in [5, 5.41) is 2.02. The Balaban J connectivity index is 2.95. The SMILES string of the molecule is COc1c(C)[c]([Cu])c(OC)c2ccccc12. The average molecular weight is 265 g/mol. The molecule has 0 radical (unpaired) electrons. The van der Waals surface area contributed by atoms with E-state index < -0.39 is 0 Å². The van der Waals surface area contributed by atoms with Crippen LogP contribution in [0.4, 0.5) is 0 Å². The summed E-state index contributed by atoms with van der Waals surface area (Å²) in [7, 11) is 3.30. The summed E-state index contributed by atoms with van der Waals surface area (Å²) in [6.07, 6.45) is 0. The predicted octanol–water partition coefficient (Wildman–Crippen LogP) is 2.34. The van der Waals surface area contributed by atoms with E-state index in [0.717, 1.165) is 27.8 Å². The summed E-state index contributed by atoms with van der Waals surface area (Å²) in [5.41, 5.74) is 0.943. The minimum absolute atomic E-state index is 0.700. The van der Waals surface area contributed by atoms with Crippen molar-refractivity contribution in [2.24, 2.45) is 0 Å². The molecule has 0 N–H and O–H groups in total. The van der Waals surface area contributed by atoms with Crippen LogP contribution in [0.15, 0.2) is 24.3 Å². The van der Waals surface area contributed by atoms with Gasteiger partial charge in [0.15, 0.2) is 0 Å². The van der Waals surface area contributed by atoms with E-state index in [9.17, 15) is 0 Å². The normalized spacial score (nSPS) is 10.6. The van der Waals surface area contributed by atoms with Crippen LogP contribution in [0.2, 0.25) is 0 Å². The molecule has 88 valence electrons. The van der Waals surface area contributed by atoms with Gasteiger partial charge in [-0.05, 0) is 0 Å². The number of ether oxygens (including phenoxy) is 2. The van der Waals surface area contributed by atoms with Gasteiger partial charge in [0.25, 0.3) is 0 Å². The van der Waals surface area contributed by atoms with Gasteiger partial charge in [-0.25, -0.2) is 0 Å². The Morgan fingerprint density at radius 3 is 1.94 bits per heavy atom. The zero-order chi connectivity index (χ0) is 11.7. The first-order valence-corrected chi connectivity index (χ1v) is 5.42. The van der Waals surface area contributed by atoms with Crippen molar-refractivity contribution in [1.29, 1.82) is 0 Å². The summed E-state index contributed by atoms with van der Waals surface area (Å²) in [6, 6.07) is 7.94. The summed E-state index contributed by atoms with van der Waals surface area (Å²) < 4.78 is 11.5. The van der Waals surface area contributed by atoms with Gasteiger partial charge < -0.3 is 0 Å². The molecule has 0 aliphatic rings. The first-order chi connectivity index (χ1) is 7.70. The van der Waals surface area contributed by atoms with Crippen LogP contribution < -0.4 is 13.9 Å². The molecule has 2 aromatic rings. The van der Waals surface area contributed by atoms with E-state index in [2.05, 4.69) is 0 Å². The Hall–Kier alpha value is -1.18. The Kier molecular flexibility index (Phi) is 3.08. The topological polar surface area (TPSA) is 18.5 Å². The number of rotatable bonds is 2. The zero-order valence-corrected chi connectivity index (χ0v) is 10.4. The molecule has 0 aromatic heterocycles. The molecule has 0 amide bonds. The molecule has 16 heavy (non-hydrogen) atoms. The van der Waals surface area contributed by atoms with Crippen molar-refractivity contribution < 1.29 is 25.5 Å². The van der Waals surface area contributed by atoms with Crippen molar-refractivity contribution in [2.75, 3.05) is 14.2 Å². The zero-order valence-electron chi connectivity index (χ0n) is 9.43. The Morgan fingerprint density at radius 1 is 0.938 bits per heavy atom. The Morgan fingerprint density at radius 2 is 1.44 bits per heavy atom. The van der Waals surface area contributed by atoms with E-state index in [4.69, 9.17) is 25.5 Å². The average Bonchev–Trinajstić information content (AvgIpc) is 2.31. The van der Waals surface area contributed by atoms with E-state index in [0.29, 0.717) is 4.46 Å². The summed E-state index contributed by atoms with van der Waals surface area (Å²) >= 11 is 5.53. The third-order valence-electron chi connectivity index (χ3n) is 2.65. The monoisotopic (exact) mass is 264 g/mol. The van der Waals surface area contributed by atoms with Crippen LogP contribution in [0.5, 0.6) is 11.5 Å². The van der Waals surface area contributed by atoms with Gasteiger partial charge in [0.05, 0.1) is 0 Å². The molecule has 0 saturated heterocycles. The molecule has 2 nitrogen and oxygen atoms in total. The summed E-state index contributed by atoms with van der Waals surface area (Å²) in [4.78, 5) is 0. The molecule has 0 aliphatic heterocycles. The molecule has 3 heteroatoms. The van der Waals surface area contributed by atoms with E-state index in [1.807, 2.05) is 31.2 Å². The molecular weight excluding hydrogens is 252 g/mol.